The van der Waals surface area contributed by atoms with Crippen LogP contribution in [0.1, 0.15) is 167 Å². The van der Waals surface area contributed by atoms with Crippen LogP contribution in [0.15, 0.2) is 212 Å². The number of fused-ring (bicyclic) bond motifs is 12. The summed E-state index contributed by atoms with van der Waals surface area (Å²) in [4.78, 5) is 7.69. The zero-order chi connectivity index (χ0) is 57.7. The van der Waals surface area contributed by atoms with Gasteiger partial charge in [0.25, 0.3) is 0 Å². The first-order valence-corrected chi connectivity index (χ1v) is 31.4. The molecule has 0 saturated carbocycles. The van der Waals surface area contributed by atoms with Gasteiger partial charge in [-0.3, -0.25) is 0 Å². The number of hydrogen-bond donors (Lipinski definition) is 0. The maximum atomic E-state index is 7.44. The van der Waals surface area contributed by atoms with Crippen LogP contribution >= 0.6 is 0 Å². The summed E-state index contributed by atoms with van der Waals surface area (Å²) in [5.41, 5.74) is 20.3. The highest BCUT2D eigenvalue weighted by Gasteiger charge is 2.55. The Morgan fingerprint density at radius 3 is 1.36 bits per heavy atom. The maximum Gasteiger partial charge on any atom is 0.153 e. The van der Waals surface area contributed by atoms with Gasteiger partial charge in [0.1, 0.15) is 0 Å². The Balaban J connectivity index is 1.05. The molecular formula is C79H85N3O. The Labute approximate surface area is 496 Å². The van der Waals surface area contributed by atoms with Gasteiger partial charge in [-0.25, -0.2) is 0 Å². The molecule has 422 valence electrons. The Kier molecular flexibility index (Phi) is 14.8. The van der Waals surface area contributed by atoms with E-state index in [1.165, 1.54) is 67.0 Å². The Morgan fingerprint density at radius 2 is 0.855 bits per heavy atom. The Morgan fingerprint density at radius 1 is 0.386 bits per heavy atom. The molecule has 1 spiro atoms. The van der Waals surface area contributed by atoms with Gasteiger partial charge in [-0.2, -0.15) is 0 Å². The molecule has 0 amide bonds. The molecule has 1 aliphatic heterocycles. The number of ether oxygens (including phenoxy) is 1. The van der Waals surface area contributed by atoms with Crippen LogP contribution in [0.2, 0.25) is 0 Å². The number of para-hydroxylation sites is 3. The molecule has 3 aliphatic rings. The van der Waals surface area contributed by atoms with E-state index >= 15 is 0 Å². The second kappa shape index (κ2) is 22.1. The Bertz CT molecular complexity index is 3750. The summed E-state index contributed by atoms with van der Waals surface area (Å²) in [6.45, 7) is 24.1. The van der Waals surface area contributed by atoms with E-state index in [4.69, 9.17) is 4.74 Å². The molecule has 0 N–H and O–H groups in total. The first-order valence-electron chi connectivity index (χ1n) is 31.4. The molecule has 9 aromatic carbocycles. The molecule has 0 saturated heterocycles. The lowest BCUT2D eigenvalue weighted by atomic mass is 9.59. The van der Waals surface area contributed by atoms with E-state index in [9.17, 15) is 0 Å². The predicted molar refractivity (Wildman–Crippen MR) is 353 cm³/mol. The quantitative estimate of drug-likeness (QED) is 0.0757. The van der Waals surface area contributed by atoms with Crippen LogP contribution < -0.4 is 19.4 Å². The van der Waals surface area contributed by atoms with Crippen molar-refractivity contribution in [1.29, 1.82) is 0 Å². The number of anilines is 7. The van der Waals surface area contributed by atoms with Crippen molar-refractivity contribution in [3.05, 3.63) is 246 Å². The largest absolute Gasteiger partial charge is 0.453 e. The third-order valence-corrected chi connectivity index (χ3v) is 20.7. The monoisotopic (exact) mass is 1090 g/mol. The normalized spacial score (nSPS) is 16.1. The Hall–Kier alpha value is -7.82. The minimum atomic E-state index is -0.474. The highest BCUT2D eigenvalue weighted by atomic mass is 16.5. The van der Waals surface area contributed by atoms with E-state index < -0.39 is 11.0 Å². The van der Waals surface area contributed by atoms with Crippen LogP contribution in [-0.4, -0.2) is 11.1 Å². The van der Waals surface area contributed by atoms with Gasteiger partial charge in [0, 0.05) is 51.5 Å². The molecule has 2 aliphatic carbocycles. The number of nitrogens with zero attached hydrogens (tertiary/aromatic N) is 3. The highest BCUT2D eigenvalue weighted by molar-refractivity contribution is 5.96. The van der Waals surface area contributed by atoms with Gasteiger partial charge in [0.15, 0.2) is 11.5 Å². The standard InChI is InChI=1S/C79H85N3O/c1-11-49-75(8,14-4)56-41-45-65-66-46-42-57(53-70(66)79(69(65)52-56)67-39-29-27-37-63(67)64-38-28-30-40-68(64)79)77(10,16-6)78(17-7,51-13-3)82(60-35-25-20-26-36-60)62-44-48-72-74(55-62)83-73-54-61(43-47-71(73)80(72)58-31-21-18-22-32-58)81(59-33-23-19-24-34-59)76(9,15-5)50-12-2/h18-48,52-55H,11-17,49-51H2,1-10H3. The van der Waals surface area contributed by atoms with Gasteiger partial charge in [-0.1, -0.05) is 221 Å². The van der Waals surface area contributed by atoms with E-state index in [1.54, 1.807) is 0 Å². The first-order chi connectivity index (χ1) is 40.4. The SMILES string of the molecule is CCCC(C)(CC)c1ccc2c(c1)C1(c3ccccc3-c3ccccc31)c1cc(C(C)(CC)C(CC)(CCC)N(c3ccccc3)c3ccc4c(c3)Oc3cc(N(c5ccccc5)C(C)(CC)CCC)ccc3N4c3ccccc3)ccc1-2. The number of hydrogen-bond acceptors (Lipinski definition) is 4. The second-order valence-corrected chi connectivity index (χ2v) is 24.9. The summed E-state index contributed by atoms with van der Waals surface area (Å²) >= 11 is 0. The first kappa shape index (κ1) is 55.7. The summed E-state index contributed by atoms with van der Waals surface area (Å²) in [6.07, 6.45) is 10.4. The van der Waals surface area contributed by atoms with Crippen molar-refractivity contribution in [2.24, 2.45) is 0 Å². The van der Waals surface area contributed by atoms with Gasteiger partial charge in [-0.15, -0.1) is 0 Å². The summed E-state index contributed by atoms with van der Waals surface area (Å²) < 4.78 is 7.44. The number of benzene rings is 9. The predicted octanol–water partition coefficient (Wildman–Crippen LogP) is 22.6. The topological polar surface area (TPSA) is 19.0 Å². The lowest BCUT2D eigenvalue weighted by Crippen LogP contribution is -2.59. The molecule has 0 aromatic heterocycles. The smallest absolute Gasteiger partial charge is 0.153 e. The lowest BCUT2D eigenvalue weighted by Gasteiger charge is -2.56. The lowest BCUT2D eigenvalue weighted by molar-refractivity contribution is 0.199. The van der Waals surface area contributed by atoms with Crippen LogP contribution in [-0.2, 0) is 16.2 Å². The van der Waals surface area contributed by atoms with Gasteiger partial charge in [0.2, 0.25) is 0 Å². The second-order valence-electron chi connectivity index (χ2n) is 24.9. The third-order valence-electron chi connectivity index (χ3n) is 20.7. The van der Waals surface area contributed by atoms with E-state index in [2.05, 4.69) is 296 Å². The van der Waals surface area contributed by atoms with Crippen molar-refractivity contribution in [2.45, 2.75) is 161 Å². The molecule has 4 nitrogen and oxygen atoms in total. The molecule has 0 fully saturated rings. The fourth-order valence-corrected chi connectivity index (χ4v) is 16.0. The zero-order valence-electron chi connectivity index (χ0n) is 51.0. The molecule has 0 bridgehead atoms. The van der Waals surface area contributed by atoms with E-state index in [0.29, 0.717) is 0 Å². The minimum absolute atomic E-state index is 0.0770. The summed E-state index contributed by atoms with van der Waals surface area (Å²) in [5, 5.41) is 0. The molecule has 0 radical (unpaired) electrons. The van der Waals surface area contributed by atoms with Crippen molar-refractivity contribution in [1.82, 2.24) is 0 Å². The molecule has 83 heavy (non-hydrogen) atoms. The van der Waals surface area contributed by atoms with E-state index in [0.717, 1.165) is 104 Å². The molecular weight excluding hydrogens is 1010 g/mol. The summed E-state index contributed by atoms with van der Waals surface area (Å²) in [7, 11) is 0. The van der Waals surface area contributed by atoms with Crippen molar-refractivity contribution >= 4 is 39.8 Å². The van der Waals surface area contributed by atoms with Crippen molar-refractivity contribution < 1.29 is 4.74 Å². The fourth-order valence-electron chi connectivity index (χ4n) is 16.0. The zero-order valence-corrected chi connectivity index (χ0v) is 51.0. The van der Waals surface area contributed by atoms with Crippen molar-refractivity contribution in [3.63, 3.8) is 0 Å². The molecule has 9 aromatic rings. The van der Waals surface area contributed by atoms with E-state index in [1.807, 2.05) is 0 Å². The van der Waals surface area contributed by atoms with Crippen LogP contribution in [0.3, 0.4) is 0 Å². The van der Waals surface area contributed by atoms with Gasteiger partial charge in [0.05, 0.1) is 22.3 Å². The fraction of sp³-hybridized carbons (Fsp3) is 0.316. The summed E-state index contributed by atoms with van der Waals surface area (Å²) in [5.74, 6) is 1.68. The minimum Gasteiger partial charge on any atom is -0.453 e. The van der Waals surface area contributed by atoms with Crippen molar-refractivity contribution in [3.8, 4) is 33.8 Å². The third kappa shape index (κ3) is 8.67. The van der Waals surface area contributed by atoms with Gasteiger partial charge >= 0.3 is 0 Å². The van der Waals surface area contributed by atoms with Gasteiger partial charge < -0.3 is 19.4 Å². The average molecular weight is 1090 g/mol. The average Bonchev–Trinajstić information content (AvgIpc) is 2.27. The van der Waals surface area contributed by atoms with Gasteiger partial charge in [-0.05, 0) is 174 Å². The summed E-state index contributed by atoms with van der Waals surface area (Å²) in [6, 6.07) is 80.8. The van der Waals surface area contributed by atoms with Crippen LogP contribution in [0.5, 0.6) is 11.5 Å². The molecule has 4 unspecified atom stereocenters. The van der Waals surface area contributed by atoms with Crippen LogP contribution in [0.25, 0.3) is 22.3 Å². The van der Waals surface area contributed by atoms with Crippen LogP contribution in [0, 0.1) is 0 Å². The molecule has 4 atom stereocenters. The van der Waals surface area contributed by atoms with Crippen LogP contribution in [0.4, 0.5) is 39.8 Å². The molecule has 4 heteroatoms. The number of rotatable bonds is 20. The highest BCUT2D eigenvalue weighted by Crippen LogP contribution is 2.65. The maximum absolute atomic E-state index is 7.44. The van der Waals surface area contributed by atoms with E-state index in [-0.39, 0.29) is 16.4 Å². The van der Waals surface area contributed by atoms with Crippen molar-refractivity contribution in [2.75, 3.05) is 14.7 Å². The molecule has 1 heterocycles. The molecule has 12 rings (SSSR count).